The van der Waals surface area contributed by atoms with Gasteiger partial charge in [-0.3, -0.25) is 9.69 Å². The summed E-state index contributed by atoms with van der Waals surface area (Å²) in [5.41, 5.74) is 4.89. The van der Waals surface area contributed by atoms with Gasteiger partial charge in [0.2, 0.25) is 5.91 Å². The van der Waals surface area contributed by atoms with E-state index >= 15 is 0 Å². The Morgan fingerprint density at radius 2 is 1.90 bits per heavy atom. The van der Waals surface area contributed by atoms with Gasteiger partial charge in [-0.25, -0.2) is 0 Å². The van der Waals surface area contributed by atoms with Crippen LogP contribution in [-0.2, 0) is 4.79 Å². The van der Waals surface area contributed by atoms with E-state index < -0.39 is 5.54 Å². The summed E-state index contributed by atoms with van der Waals surface area (Å²) in [7, 11) is 1.81. The van der Waals surface area contributed by atoms with Crippen molar-refractivity contribution in [2.45, 2.75) is 50.6 Å². The second-order valence-electron chi connectivity index (χ2n) is 6.51. The maximum absolute atomic E-state index is 11.4. The van der Waals surface area contributed by atoms with Crippen molar-refractivity contribution in [1.29, 1.82) is 0 Å². The minimum absolute atomic E-state index is 0.252. The Balaban J connectivity index is 1.58. The fourth-order valence-corrected chi connectivity index (χ4v) is 2.98. The third kappa shape index (κ3) is 4.17. The smallest absolute Gasteiger partial charge is 0.237 e. The van der Waals surface area contributed by atoms with Gasteiger partial charge in [0.1, 0.15) is 0 Å². The first-order valence-electron chi connectivity index (χ1n) is 8.00. The molecule has 2 rings (SSSR count). The minimum atomic E-state index is -0.551. The van der Waals surface area contributed by atoms with E-state index in [4.69, 9.17) is 5.73 Å². The molecular formula is C15H30N4O. The highest BCUT2D eigenvalue weighted by Gasteiger charge is 2.31. The Morgan fingerprint density at radius 3 is 2.40 bits per heavy atom. The molecule has 0 radical (unpaired) electrons. The number of likely N-dealkylation sites (N-methyl/N-ethyl adjacent to an activating group) is 1. The number of hydrogen-bond donors (Lipinski definition) is 2. The normalized spacial score (nSPS) is 24.5. The summed E-state index contributed by atoms with van der Waals surface area (Å²) in [5.74, 6) is -0.252. The maximum Gasteiger partial charge on any atom is 0.237 e. The van der Waals surface area contributed by atoms with Gasteiger partial charge < -0.3 is 16.0 Å². The predicted octanol–water partition coefficient (Wildman–Crippen LogP) is 0.400. The van der Waals surface area contributed by atoms with Gasteiger partial charge in [-0.2, -0.15) is 0 Å². The van der Waals surface area contributed by atoms with Crippen LogP contribution in [0.2, 0.25) is 0 Å². The van der Waals surface area contributed by atoms with Crippen molar-refractivity contribution >= 4 is 5.91 Å². The Bertz CT molecular complexity index is 324. The fraction of sp³-hybridized carbons (Fsp3) is 0.933. The van der Waals surface area contributed by atoms with E-state index in [1.54, 1.807) is 0 Å². The molecule has 1 saturated heterocycles. The lowest BCUT2D eigenvalue weighted by atomic mass is 9.94. The molecule has 1 aliphatic carbocycles. The number of rotatable bonds is 8. The van der Waals surface area contributed by atoms with Crippen LogP contribution in [0.3, 0.4) is 0 Å². The SMILES string of the molecule is CNC(C)(CCCCN1CCN(C2CC2)CC1)C(N)=O. The molecule has 1 atom stereocenters. The lowest BCUT2D eigenvalue weighted by Crippen LogP contribution is -2.51. The number of carbonyl (C=O) groups is 1. The van der Waals surface area contributed by atoms with E-state index in [2.05, 4.69) is 15.1 Å². The highest BCUT2D eigenvalue weighted by molar-refractivity contribution is 5.84. The van der Waals surface area contributed by atoms with Crippen LogP contribution in [0, 0.1) is 0 Å². The van der Waals surface area contributed by atoms with Gasteiger partial charge >= 0.3 is 0 Å². The largest absolute Gasteiger partial charge is 0.368 e. The molecule has 1 unspecified atom stereocenters. The summed E-state index contributed by atoms with van der Waals surface area (Å²) in [6, 6.07) is 0.907. The first-order valence-corrected chi connectivity index (χ1v) is 8.00. The minimum Gasteiger partial charge on any atom is -0.368 e. The van der Waals surface area contributed by atoms with Crippen molar-refractivity contribution in [2.24, 2.45) is 5.73 Å². The van der Waals surface area contributed by atoms with Gasteiger partial charge in [0.15, 0.2) is 0 Å². The van der Waals surface area contributed by atoms with Crippen LogP contribution in [0.4, 0.5) is 0 Å². The molecule has 0 aromatic heterocycles. The zero-order chi connectivity index (χ0) is 14.6. The zero-order valence-electron chi connectivity index (χ0n) is 13.0. The van der Waals surface area contributed by atoms with E-state index in [0.29, 0.717) is 0 Å². The van der Waals surface area contributed by atoms with Crippen molar-refractivity contribution in [3.05, 3.63) is 0 Å². The van der Waals surface area contributed by atoms with Gasteiger partial charge in [0, 0.05) is 32.2 Å². The van der Waals surface area contributed by atoms with Crippen LogP contribution >= 0.6 is 0 Å². The van der Waals surface area contributed by atoms with Gasteiger partial charge in [-0.05, 0) is 52.6 Å². The molecular weight excluding hydrogens is 252 g/mol. The molecule has 0 bridgehead atoms. The van der Waals surface area contributed by atoms with Crippen LogP contribution < -0.4 is 11.1 Å². The van der Waals surface area contributed by atoms with Crippen LogP contribution in [0.25, 0.3) is 0 Å². The maximum atomic E-state index is 11.4. The molecule has 2 aliphatic rings. The van der Waals surface area contributed by atoms with E-state index in [1.807, 2.05) is 14.0 Å². The summed E-state index contributed by atoms with van der Waals surface area (Å²) in [6.45, 7) is 7.92. The van der Waals surface area contributed by atoms with Crippen LogP contribution in [-0.4, -0.2) is 67.1 Å². The third-order valence-electron chi connectivity index (χ3n) is 4.97. The monoisotopic (exact) mass is 282 g/mol. The number of hydrogen-bond acceptors (Lipinski definition) is 4. The first-order chi connectivity index (χ1) is 9.55. The van der Waals surface area contributed by atoms with Crippen LogP contribution in [0.1, 0.15) is 39.0 Å². The van der Waals surface area contributed by atoms with Crippen molar-refractivity contribution in [3.8, 4) is 0 Å². The zero-order valence-corrected chi connectivity index (χ0v) is 13.0. The lowest BCUT2D eigenvalue weighted by molar-refractivity contribution is -0.123. The van der Waals surface area contributed by atoms with Crippen molar-refractivity contribution < 1.29 is 4.79 Å². The summed E-state index contributed by atoms with van der Waals surface area (Å²) >= 11 is 0. The lowest BCUT2D eigenvalue weighted by Gasteiger charge is -2.35. The standard InChI is InChI=1S/C15H30N4O/c1-15(17-2,14(16)20)7-3-4-8-18-9-11-19(12-10-18)13-5-6-13/h13,17H,3-12H2,1-2H3,(H2,16,20). The molecule has 0 aromatic carbocycles. The first kappa shape index (κ1) is 15.7. The molecule has 5 heteroatoms. The van der Waals surface area contributed by atoms with Crippen LogP contribution in [0.15, 0.2) is 0 Å². The molecule has 116 valence electrons. The number of nitrogens with zero attached hydrogens (tertiary/aromatic N) is 2. The predicted molar refractivity (Wildman–Crippen MR) is 81.5 cm³/mol. The van der Waals surface area contributed by atoms with E-state index in [1.165, 1.54) is 39.0 Å². The second-order valence-corrected chi connectivity index (χ2v) is 6.51. The number of carbonyl (C=O) groups excluding carboxylic acids is 1. The second kappa shape index (κ2) is 6.87. The molecule has 5 nitrogen and oxygen atoms in total. The molecule has 0 aromatic rings. The number of unbranched alkanes of at least 4 members (excludes halogenated alkanes) is 1. The Labute approximate surface area is 122 Å². The molecule has 1 saturated carbocycles. The Hall–Kier alpha value is -0.650. The fourth-order valence-electron chi connectivity index (χ4n) is 2.98. The van der Waals surface area contributed by atoms with Crippen molar-refractivity contribution in [1.82, 2.24) is 15.1 Å². The molecule has 1 amide bonds. The van der Waals surface area contributed by atoms with E-state index in [9.17, 15) is 4.79 Å². The number of amides is 1. The average molecular weight is 282 g/mol. The molecule has 20 heavy (non-hydrogen) atoms. The Kier molecular flexibility index (Phi) is 5.41. The van der Waals surface area contributed by atoms with Crippen molar-refractivity contribution in [2.75, 3.05) is 39.8 Å². The third-order valence-corrected chi connectivity index (χ3v) is 4.97. The molecule has 1 heterocycles. The van der Waals surface area contributed by atoms with Crippen molar-refractivity contribution in [3.63, 3.8) is 0 Å². The van der Waals surface area contributed by atoms with Gasteiger partial charge in [-0.1, -0.05) is 0 Å². The quantitative estimate of drug-likeness (QED) is 0.633. The topological polar surface area (TPSA) is 61.6 Å². The molecule has 1 aliphatic heterocycles. The number of nitrogens with two attached hydrogens (primary N) is 1. The Morgan fingerprint density at radius 1 is 1.25 bits per heavy atom. The summed E-state index contributed by atoms with van der Waals surface area (Å²) in [6.07, 6.45) is 5.84. The summed E-state index contributed by atoms with van der Waals surface area (Å²) in [4.78, 5) is 16.6. The van der Waals surface area contributed by atoms with Gasteiger partial charge in [-0.15, -0.1) is 0 Å². The van der Waals surface area contributed by atoms with Gasteiger partial charge in [0.05, 0.1) is 5.54 Å². The summed E-state index contributed by atoms with van der Waals surface area (Å²) < 4.78 is 0. The number of primary amides is 1. The number of nitrogens with one attached hydrogen (secondary N) is 1. The summed E-state index contributed by atoms with van der Waals surface area (Å²) in [5, 5.41) is 3.05. The van der Waals surface area contributed by atoms with E-state index in [0.717, 1.165) is 31.8 Å². The molecule has 2 fully saturated rings. The molecule has 0 spiro atoms. The molecule has 3 N–H and O–H groups in total. The number of piperazine rings is 1. The average Bonchev–Trinajstić information content (AvgIpc) is 3.28. The van der Waals surface area contributed by atoms with Crippen LogP contribution in [0.5, 0.6) is 0 Å². The van der Waals surface area contributed by atoms with Gasteiger partial charge in [0.25, 0.3) is 0 Å². The highest BCUT2D eigenvalue weighted by Crippen LogP contribution is 2.27. The highest BCUT2D eigenvalue weighted by atomic mass is 16.1. The van der Waals surface area contributed by atoms with E-state index in [-0.39, 0.29) is 5.91 Å².